The third-order valence-electron chi connectivity index (χ3n) is 14.3. The molecule has 0 amide bonds. The first-order valence-corrected chi connectivity index (χ1v) is 21.3. The Morgan fingerprint density at radius 1 is 0.854 bits per heavy atom. The number of rotatable bonds is 22. The van der Waals surface area contributed by atoms with Crippen LogP contribution in [0.1, 0.15) is 189 Å². The summed E-state index contributed by atoms with van der Waals surface area (Å²) in [7, 11) is 0. The van der Waals surface area contributed by atoms with Crippen LogP contribution >= 0.6 is 0 Å². The van der Waals surface area contributed by atoms with Gasteiger partial charge in [0.1, 0.15) is 6.10 Å². The first kappa shape index (κ1) is 39.9. The van der Waals surface area contributed by atoms with Gasteiger partial charge in [-0.1, -0.05) is 137 Å². The fourth-order valence-electron chi connectivity index (χ4n) is 11.4. The third kappa shape index (κ3) is 10.6. The maximum atomic E-state index is 12.6. The number of hydrogen-bond donors (Lipinski definition) is 1. The lowest BCUT2D eigenvalue weighted by Crippen LogP contribution is -2.51. The predicted octanol–water partition coefficient (Wildman–Crippen LogP) is 12.0. The maximum Gasteiger partial charge on any atom is 0.306 e. The second-order valence-corrected chi connectivity index (χ2v) is 18.1. The second kappa shape index (κ2) is 19.7. The molecule has 0 bridgehead atoms. The number of allylic oxidation sites excluding steroid dienone is 1. The van der Waals surface area contributed by atoms with Gasteiger partial charge in [0.15, 0.2) is 0 Å². The molecule has 4 aliphatic rings. The van der Waals surface area contributed by atoms with Crippen molar-refractivity contribution in [2.75, 3.05) is 13.2 Å². The van der Waals surface area contributed by atoms with Gasteiger partial charge in [0.05, 0.1) is 12.7 Å². The molecule has 0 aromatic carbocycles. The van der Waals surface area contributed by atoms with Gasteiger partial charge in [-0.2, -0.15) is 0 Å². The smallest absolute Gasteiger partial charge is 0.306 e. The molecule has 278 valence electrons. The van der Waals surface area contributed by atoms with Crippen molar-refractivity contribution in [2.24, 2.45) is 52.1 Å². The molecule has 0 aliphatic heterocycles. The molecule has 3 saturated carbocycles. The molecular formula is C44H79NO3. The van der Waals surface area contributed by atoms with Gasteiger partial charge >= 0.3 is 5.97 Å². The molecule has 9 atom stereocenters. The van der Waals surface area contributed by atoms with Crippen molar-refractivity contribution >= 4 is 5.97 Å². The highest BCUT2D eigenvalue weighted by Crippen LogP contribution is 2.67. The lowest BCUT2D eigenvalue weighted by atomic mass is 9.47. The number of carbonyl (C=O) groups excluding carboxylic acids is 1. The number of carbonyl (C=O) groups is 1. The molecule has 0 aromatic rings. The molecule has 1 unspecified atom stereocenters. The zero-order valence-electron chi connectivity index (χ0n) is 32.7. The van der Waals surface area contributed by atoms with Crippen LogP contribution in [-0.2, 0) is 14.3 Å². The zero-order valence-corrected chi connectivity index (χ0v) is 32.7. The first-order valence-electron chi connectivity index (χ1n) is 21.3. The van der Waals surface area contributed by atoms with Gasteiger partial charge in [-0.25, -0.2) is 0 Å². The van der Waals surface area contributed by atoms with Crippen molar-refractivity contribution < 1.29 is 14.3 Å². The van der Waals surface area contributed by atoms with Crippen LogP contribution < -0.4 is 5.73 Å². The van der Waals surface area contributed by atoms with Crippen LogP contribution in [0, 0.1) is 46.3 Å². The van der Waals surface area contributed by atoms with Crippen LogP contribution in [-0.4, -0.2) is 31.3 Å². The Hall–Kier alpha value is -0.870. The lowest BCUT2D eigenvalue weighted by molar-refractivity contribution is -0.153. The Bertz CT molecular complexity index is 976. The third-order valence-corrected chi connectivity index (χ3v) is 14.3. The summed E-state index contributed by atoms with van der Waals surface area (Å²) >= 11 is 0. The highest BCUT2D eigenvalue weighted by atomic mass is 16.6. The first-order chi connectivity index (χ1) is 23.1. The van der Waals surface area contributed by atoms with E-state index in [4.69, 9.17) is 15.2 Å². The van der Waals surface area contributed by atoms with E-state index in [0.717, 1.165) is 61.2 Å². The minimum atomic E-state index is -0.331. The number of ether oxygens (including phenoxy) is 2. The van der Waals surface area contributed by atoms with Crippen molar-refractivity contribution in [1.82, 2.24) is 0 Å². The zero-order chi connectivity index (χ0) is 34.6. The fraction of sp³-hybridized carbons (Fsp3) is 0.932. The quantitative estimate of drug-likeness (QED) is 0.0708. The molecule has 4 aliphatic carbocycles. The normalized spacial score (nSPS) is 32.7. The van der Waals surface area contributed by atoms with Gasteiger partial charge in [-0.15, -0.1) is 0 Å². The van der Waals surface area contributed by atoms with Crippen molar-refractivity contribution in [3.63, 3.8) is 0 Å². The molecule has 0 saturated heterocycles. The summed E-state index contributed by atoms with van der Waals surface area (Å²) in [6.07, 6.45) is 31.8. The van der Waals surface area contributed by atoms with Crippen LogP contribution in [0.25, 0.3) is 0 Å². The summed E-state index contributed by atoms with van der Waals surface area (Å²) in [6.45, 7) is 15.7. The summed E-state index contributed by atoms with van der Waals surface area (Å²) in [6, 6.07) is 0. The molecule has 48 heavy (non-hydrogen) atoms. The van der Waals surface area contributed by atoms with E-state index < -0.39 is 0 Å². The van der Waals surface area contributed by atoms with E-state index in [1.807, 2.05) is 0 Å². The van der Waals surface area contributed by atoms with E-state index in [1.54, 1.807) is 5.57 Å². The molecule has 4 nitrogen and oxygen atoms in total. The Balaban J connectivity index is 1.16. The summed E-state index contributed by atoms with van der Waals surface area (Å²) in [5, 5.41) is 0. The SMILES string of the molecule is CCCCCCCCCCCCCC(=O)OC(CN)CO[C@H]1CC[C@@]2(C)C(=CC[C@H]3[C@@H]4CC[C@H]([C@H](C)CCCC(C)C)[C@@]4(C)CC[C@@H]32)C1. The largest absolute Gasteiger partial charge is 0.459 e. The predicted molar refractivity (Wildman–Crippen MR) is 203 cm³/mol. The highest BCUT2D eigenvalue weighted by Gasteiger charge is 2.59. The minimum absolute atomic E-state index is 0.106. The number of nitrogens with two attached hydrogens (primary N) is 1. The van der Waals surface area contributed by atoms with Crippen molar-refractivity contribution in [1.29, 1.82) is 0 Å². The van der Waals surface area contributed by atoms with Crippen LogP contribution in [0.15, 0.2) is 11.6 Å². The van der Waals surface area contributed by atoms with E-state index in [9.17, 15) is 4.79 Å². The molecule has 4 rings (SSSR count). The van der Waals surface area contributed by atoms with Gasteiger partial charge in [-0.3, -0.25) is 4.79 Å². The second-order valence-electron chi connectivity index (χ2n) is 18.1. The number of esters is 1. The van der Waals surface area contributed by atoms with Crippen molar-refractivity contribution in [3.8, 4) is 0 Å². The Morgan fingerprint density at radius 3 is 2.21 bits per heavy atom. The Labute approximate surface area is 297 Å². The molecule has 0 aromatic heterocycles. The molecule has 0 radical (unpaired) electrons. The van der Waals surface area contributed by atoms with Crippen molar-refractivity contribution in [3.05, 3.63) is 11.6 Å². The van der Waals surface area contributed by atoms with E-state index in [1.165, 1.54) is 116 Å². The van der Waals surface area contributed by atoms with Crippen molar-refractivity contribution in [2.45, 2.75) is 201 Å². The Kier molecular flexibility index (Phi) is 16.3. The monoisotopic (exact) mass is 670 g/mol. The van der Waals surface area contributed by atoms with Crippen LogP contribution in [0.2, 0.25) is 0 Å². The lowest BCUT2D eigenvalue weighted by Gasteiger charge is -2.58. The average molecular weight is 670 g/mol. The minimum Gasteiger partial charge on any atom is -0.459 e. The average Bonchev–Trinajstić information content (AvgIpc) is 3.42. The van der Waals surface area contributed by atoms with E-state index in [0.29, 0.717) is 30.4 Å². The van der Waals surface area contributed by atoms with Gasteiger partial charge < -0.3 is 15.2 Å². The van der Waals surface area contributed by atoms with Crippen LogP contribution in [0.3, 0.4) is 0 Å². The molecular weight excluding hydrogens is 590 g/mol. The van der Waals surface area contributed by atoms with Crippen LogP contribution in [0.4, 0.5) is 0 Å². The summed E-state index contributed by atoms with van der Waals surface area (Å²) in [5.74, 6) is 5.12. The van der Waals surface area contributed by atoms with Crippen LogP contribution in [0.5, 0.6) is 0 Å². The maximum absolute atomic E-state index is 12.6. The van der Waals surface area contributed by atoms with E-state index in [2.05, 4.69) is 47.6 Å². The summed E-state index contributed by atoms with van der Waals surface area (Å²) in [4.78, 5) is 12.6. The molecule has 2 N–H and O–H groups in total. The van der Waals surface area contributed by atoms with Gasteiger partial charge in [0, 0.05) is 13.0 Å². The highest BCUT2D eigenvalue weighted by molar-refractivity contribution is 5.69. The standard InChI is InChI=1S/C44H79NO3/c1-7-8-9-10-11-12-13-14-15-16-17-21-42(46)48-37(31-45)32-47-36-26-28-43(5)35(30-36)22-23-38-40-25-24-39(34(4)20-18-19-33(2)3)44(40,6)29-27-41(38)43/h22,33-34,36-41H,7-21,23-32,45H2,1-6H3/t34-,36+,37?,38+,39-,40+,41+,43+,44-/m1/s1. The Morgan fingerprint density at radius 2 is 1.54 bits per heavy atom. The molecule has 3 fully saturated rings. The van der Waals surface area contributed by atoms with E-state index in [-0.39, 0.29) is 18.2 Å². The van der Waals surface area contributed by atoms with Gasteiger partial charge in [0.2, 0.25) is 0 Å². The summed E-state index contributed by atoms with van der Waals surface area (Å²) in [5.41, 5.74) is 8.59. The number of hydrogen-bond acceptors (Lipinski definition) is 4. The molecule has 0 spiro atoms. The summed E-state index contributed by atoms with van der Waals surface area (Å²) < 4.78 is 12.2. The van der Waals surface area contributed by atoms with Gasteiger partial charge in [-0.05, 0) is 104 Å². The number of fused-ring (bicyclic) bond motifs is 5. The fourth-order valence-corrected chi connectivity index (χ4v) is 11.4. The molecule has 4 heteroatoms. The topological polar surface area (TPSA) is 61.5 Å². The van der Waals surface area contributed by atoms with Gasteiger partial charge in [0.25, 0.3) is 0 Å². The molecule has 0 heterocycles. The van der Waals surface area contributed by atoms with E-state index >= 15 is 0 Å². The number of unbranched alkanes of at least 4 members (excludes halogenated alkanes) is 10.